The number of piperidine rings is 3. The number of nitrogens with one attached hydrogen (secondary N) is 1. The van der Waals surface area contributed by atoms with Gasteiger partial charge < -0.3 is 9.45 Å². The highest BCUT2D eigenvalue weighted by molar-refractivity contribution is 7.84. The van der Waals surface area contributed by atoms with Crippen LogP contribution in [0.1, 0.15) is 19.3 Å². The summed E-state index contributed by atoms with van der Waals surface area (Å²) in [5.74, 6) is 1.13. The topological polar surface area (TPSA) is 61.6 Å². The maximum atomic E-state index is 9.08. The predicted molar refractivity (Wildman–Crippen MR) is 48.5 cm³/mol. The fourth-order valence-corrected chi connectivity index (χ4v) is 2.03. The number of quaternary nitrogens is 1. The van der Waals surface area contributed by atoms with Crippen LogP contribution < -0.4 is 4.90 Å². The Morgan fingerprint density at radius 3 is 1.54 bits per heavy atom. The molecule has 5 heteroatoms. The summed E-state index contributed by atoms with van der Waals surface area (Å²) >= 11 is 0. The summed E-state index contributed by atoms with van der Waals surface area (Å²) < 4.78 is 27.2. The zero-order valence-corrected chi connectivity index (χ0v) is 8.77. The molecule has 0 aromatic heterocycles. The molecule has 1 N–H and O–H groups in total. The molecule has 3 fully saturated rings. The van der Waals surface area contributed by atoms with Crippen molar-refractivity contribution in [3.05, 3.63) is 0 Å². The summed E-state index contributed by atoms with van der Waals surface area (Å²) in [5.41, 5.74) is 0. The monoisotopic (exact) mass is 207 g/mol. The van der Waals surface area contributed by atoms with Gasteiger partial charge in [-0.15, -0.1) is 0 Å². The van der Waals surface area contributed by atoms with Crippen LogP contribution in [0, 0.1) is 5.92 Å². The van der Waals surface area contributed by atoms with E-state index in [0.29, 0.717) is 6.26 Å². The molecule has 3 aliphatic heterocycles. The van der Waals surface area contributed by atoms with Crippen LogP contribution in [0.2, 0.25) is 0 Å². The van der Waals surface area contributed by atoms with Crippen LogP contribution in [-0.2, 0) is 10.1 Å². The number of hydrogen-bond acceptors (Lipinski definition) is 3. The van der Waals surface area contributed by atoms with E-state index in [4.69, 9.17) is 13.0 Å². The maximum absolute atomic E-state index is 9.08. The van der Waals surface area contributed by atoms with Gasteiger partial charge in [-0.1, -0.05) is 0 Å². The van der Waals surface area contributed by atoms with Gasteiger partial charge in [0, 0.05) is 6.26 Å². The fraction of sp³-hybridized carbons (Fsp3) is 1.00. The average Bonchev–Trinajstić information content (AvgIpc) is 2.05. The van der Waals surface area contributed by atoms with Crippen molar-refractivity contribution in [2.45, 2.75) is 19.3 Å². The minimum atomic E-state index is -3.92. The summed E-state index contributed by atoms with van der Waals surface area (Å²) in [6, 6.07) is 0. The molecule has 2 bridgehead atoms. The van der Waals surface area contributed by atoms with Crippen molar-refractivity contribution in [3.63, 3.8) is 0 Å². The average molecular weight is 207 g/mol. The Kier molecular flexibility index (Phi) is 3.70. The van der Waals surface area contributed by atoms with E-state index in [1.807, 2.05) is 4.90 Å². The van der Waals surface area contributed by atoms with Gasteiger partial charge in [0.1, 0.15) is 0 Å². The Bertz CT molecular complexity index is 211. The molecule has 4 nitrogen and oxygen atoms in total. The van der Waals surface area contributed by atoms with Gasteiger partial charge in [-0.3, -0.25) is 0 Å². The lowest BCUT2D eigenvalue weighted by molar-refractivity contribution is -0.916. The first-order valence-corrected chi connectivity index (χ1v) is 6.51. The quantitative estimate of drug-likeness (QED) is 0.510. The molecular formula is C8H17NO3S. The normalized spacial score (nSPS) is 32.2. The molecule has 3 aliphatic rings. The van der Waals surface area contributed by atoms with Crippen LogP contribution in [-0.4, -0.2) is 38.9 Å². The summed E-state index contributed by atoms with van der Waals surface area (Å²) in [5, 5.41) is 0. The van der Waals surface area contributed by atoms with Gasteiger partial charge in [0.25, 0.3) is 0 Å². The van der Waals surface area contributed by atoms with E-state index in [1.165, 1.54) is 38.9 Å². The molecule has 3 saturated heterocycles. The van der Waals surface area contributed by atoms with Gasteiger partial charge in [-0.05, 0) is 25.2 Å². The van der Waals surface area contributed by atoms with Crippen molar-refractivity contribution in [1.29, 1.82) is 0 Å². The molecule has 0 aromatic rings. The fourth-order valence-electron chi connectivity index (χ4n) is 2.03. The van der Waals surface area contributed by atoms with Gasteiger partial charge in [0.15, 0.2) is 0 Å². The van der Waals surface area contributed by atoms with Crippen molar-refractivity contribution >= 4 is 10.1 Å². The highest BCUT2D eigenvalue weighted by atomic mass is 32.2. The van der Waals surface area contributed by atoms with Gasteiger partial charge in [-0.25, -0.2) is 8.42 Å². The third-order valence-corrected chi connectivity index (χ3v) is 2.72. The van der Waals surface area contributed by atoms with Crippen LogP contribution in [0.15, 0.2) is 0 Å². The first-order valence-electron chi connectivity index (χ1n) is 4.69. The van der Waals surface area contributed by atoms with Crippen LogP contribution in [0.3, 0.4) is 0 Å². The lowest BCUT2D eigenvalue weighted by atomic mass is 9.89. The molecule has 0 amide bonds. The maximum Gasteiger partial charge on any atom is 0.0916 e. The molecule has 3 rings (SSSR count). The molecule has 0 atom stereocenters. The van der Waals surface area contributed by atoms with Crippen LogP contribution >= 0.6 is 0 Å². The molecule has 13 heavy (non-hydrogen) atoms. The van der Waals surface area contributed by atoms with Crippen molar-refractivity contribution in [3.8, 4) is 0 Å². The zero-order chi connectivity index (χ0) is 9.90. The lowest BCUT2D eigenvalue weighted by Gasteiger charge is -2.35. The van der Waals surface area contributed by atoms with Crippen LogP contribution in [0.4, 0.5) is 0 Å². The highest BCUT2D eigenvalue weighted by Gasteiger charge is 2.27. The largest absolute Gasteiger partial charge is 0.748 e. The Labute approximate surface area is 79.7 Å². The minimum absolute atomic E-state index is 0.604. The van der Waals surface area contributed by atoms with Gasteiger partial charge in [0.05, 0.1) is 29.8 Å². The Morgan fingerprint density at radius 1 is 1.15 bits per heavy atom. The smallest absolute Gasteiger partial charge is 0.0916 e. The Hall–Kier alpha value is -0.130. The zero-order valence-electron chi connectivity index (χ0n) is 7.95. The standard InChI is InChI=1S/C7H13N.CH4O3S/c1-4-8-5-2-7(1)3-6-8;1-5(2,3)4/h7H,1-6H2;1H3,(H,2,3,4). The van der Waals surface area contributed by atoms with Crippen molar-refractivity contribution < 1.29 is 17.9 Å². The highest BCUT2D eigenvalue weighted by Crippen LogP contribution is 2.16. The van der Waals surface area contributed by atoms with Crippen molar-refractivity contribution in [2.75, 3.05) is 25.9 Å². The second-order valence-corrected chi connectivity index (χ2v) is 5.34. The molecule has 0 spiro atoms. The van der Waals surface area contributed by atoms with Crippen molar-refractivity contribution in [1.82, 2.24) is 0 Å². The van der Waals surface area contributed by atoms with E-state index in [1.54, 1.807) is 0 Å². The SMILES string of the molecule is C1C[NH+]2CCC1CC2.CS(=O)(=O)[O-]. The van der Waals surface area contributed by atoms with E-state index in [0.717, 1.165) is 5.92 Å². The molecule has 0 unspecified atom stereocenters. The summed E-state index contributed by atoms with van der Waals surface area (Å²) in [6.45, 7) is 4.43. The Morgan fingerprint density at radius 2 is 1.46 bits per heavy atom. The molecule has 78 valence electrons. The first kappa shape index (κ1) is 10.9. The van der Waals surface area contributed by atoms with Crippen LogP contribution in [0.5, 0.6) is 0 Å². The lowest BCUT2D eigenvalue weighted by Crippen LogP contribution is -3.14. The Balaban J connectivity index is 0.000000149. The molecule has 0 aliphatic carbocycles. The summed E-state index contributed by atoms with van der Waals surface area (Å²) in [7, 11) is -3.92. The van der Waals surface area contributed by atoms with E-state index in [2.05, 4.69) is 0 Å². The van der Waals surface area contributed by atoms with Crippen LogP contribution in [0.25, 0.3) is 0 Å². The first-order chi connectivity index (χ1) is 5.95. The number of fused-ring (bicyclic) bond motifs is 3. The molecule has 0 saturated carbocycles. The van der Waals surface area contributed by atoms with E-state index < -0.39 is 10.1 Å². The molecule has 3 heterocycles. The predicted octanol–water partition coefficient (Wildman–Crippen LogP) is -1.15. The summed E-state index contributed by atoms with van der Waals surface area (Å²) in [4.78, 5) is 1.87. The molecule has 0 aromatic carbocycles. The van der Waals surface area contributed by atoms with Gasteiger partial charge in [-0.2, -0.15) is 0 Å². The van der Waals surface area contributed by atoms with E-state index in [9.17, 15) is 0 Å². The minimum Gasteiger partial charge on any atom is -0.748 e. The second kappa shape index (κ2) is 4.39. The third kappa shape index (κ3) is 5.23. The van der Waals surface area contributed by atoms with Crippen molar-refractivity contribution in [2.24, 2.45) is 5.92 Å². The summed E-state index contributed by atoms with van der Waals surface area (Å²) in [6.07, 6.45) is 5.17. The van der Waals surface area contributed by atoms with E-state index >= 15 is 0 Å². The second-order valence-electron chi connectivity index (χ2n) is 3.94. The molecule has 0 radical (unpaired) electrons. The number of hydrogen-bond donors (Lipinski definition) is 1. The third-order valence-electron chi connectivity index (χ3n) is 2.72. The van der Waals surface area contributed by atoms with E-state index in [-0.39, 0.29) is 0 Å². The molecular weight excluding hydrogens is 190 g/mol. The van der Waals surface area contributed by atoms with Gasteiger partial charge >= 0.3 is 0 Å². The number of rotatable bonds is 0. The van der Waals surface area contributed by atoms with Gasteiger partial charge in [0.2, 0.25) is 0 Å².